The molecule has 0 spiro atoms. The maximum Gasteiger partial charge on any atom is 0.279 e. The molecule has 0 aliphatic heterocycles. The zero-order valence-electron chi connectivity index (χ0n) is 12.1. The molecule has 0 bridgehead atoms. The first-order chi connectivity index (χ1) is 11.3. The summed E-state index contributed by atoms with van der Waals surface area (Å²) in [5.41, 5.74) is 2.24. The molecule has 4 N–H and O–H groups in total. The van der Waals surface area contributed by atoms with Gasteiger partial charge in [0, 0.05) is 5.02 Å². The Morgan fingerprint density at radius 3 is 2.38 bits per heavy atom. The number of carbonyl (C=O) groups is 1. The number of benzene rings is 2. The van der Waals surface area contributed by atoms with E-state index >= 15 is 0 Å². The van der Waals surface area contributed by atoms with Crippen LogP contribution in [0.5, 0.6) is 0 Å². The fourth-order valence-electron chi connectivity index (χ4n) is 1.91. The summed E-state index contributed by atoms with van der Waals surface area (Å²) in [6.07, 6.45) is -0.0613. The van der Waals surface area contributed by atoms with Crippen LogP contribution < -0.4 is 15.7 Å². The fraction of sp³-hybridized carbons (Fsp3) is 0.0714. The van der Waals surface area contributed by atoms with E-state index in [0.29, 0.717) is 9.98 Å². The molecule has 0 atom stereocenters. The molecular weight excluding hydrogens is 377 g/mol. The van der Waals surface area contributed by atoms with Gasteiger partial charge in [0.05, 0.1) is 17.1 Å². The van der Waals surface area contributed by atoms with Crippen LogP contribution in [-0.4, -0.2) is 19.5 Å². The lowest BCUT2D eigenvalue weighted by molar-refractivity contribution is -0.128. The summed E-state index contributed by atoms with van der Waals surface area (Å²) in [5, 5.41) is 8.69. The third kappa shape index (κ3) is 3.97. The second-order valence-electron chi connectivity index (χ2n) is 4.75. The van der Waals surface area contributed by atoms with Crippen LogP contribution in [0.2, 0.25) is 10.0 Å². The van der Waals surface area contributed by atoms with E-state index in [1.54, 1.807) is 0 Å². The molecular formula is C14H13Cl2N3O4S. The molecule has 7 nitrogen and oxygen atoms in total. The average Bonchev–Trinajstić information content (AvgIpc) is 2.56. The third-order valence-corrected chi connectivity index (χ3v) is 5.41. The van der Waals surface area contributed by atoms with Gasteiger partial charge in [-0.25, -0.2) is 15.7 Å². The van der Waals surface area contributed by atoms with Crippen molar-refractivity contribution >= 4 is 44.8 Å². The van der Waals surface area contributed by atoms with Crippen molar-refractivity contribution < 1.29 is 18.4 Å². The predicted octanol–water partition coefficient (Wildman–Crippen LogP) is 2.11. The molecule has 0 saturated carbocycles. The van der Waals surface area contributed by atoms with Crippen molar-refractivity contribution in [2.75, 3.05) is 4.41 Å². The van der Waals surface area contributed by atoms with Gasteiger partial charge in [-0.1, -0.05) is 35.3 Å². The van der Waals surface area contributed by atoms with Gasteiger partial charge in [-0.05, 0) is 35.9 Å². The zero-order chi connectivity index (χ0) is 17.9. The maximum absolute atomic E-state index is 12.6. The minimum Gasteiger partial charge on any atom is -0.289 e. The Balaban J connectivity index is 2.31. The Morgan fingerprint density at radius 2 is 1.79 bits per heavy atom. The third-order valence-electron chi connectivity index (χ3n) is 3.11. The molecule has 24 heavy (non-hydrogen) atoms. The van der Waals surface area contributed by atoms with Crippen molar-refractivity contribution in [3.8, 4) is 0 Å². The molecule has 0 saturated heterocycles. The van der Waals surface area contributed by atoms with E-state index in [2.05, 4.69) is 0 Å². The van der Waals surface area contributed by atoms with E-state index in [9.17, 15) is 13.2 Å². The molecule has 1 amide bonds. The number of nitrogens with zero attached hydrogens (tertiary/aromatic N) is 1. The number of hydrogen-bond acceptors (Lipinski definition) is 5. The number of hydrogen-bond donors (Lipinski definition) is 3. The molecule has 0 radical (unpaired) electrons. The molecule has 10 heteroatoms. The van der Waals surface area contributed by atoms with Crippen LogP contribution in [-0.2, 0) is 21.2 Å². The van der Waals surface area contributed by atoms with Gasteiger partial charge in [-0.2, -0.15) is 8.42 Å². The molecule has 2 aromatic rings. The number of anilines is 1. The lowest BCUT2D eigenvalue weighted by Crippen LogP contribution is -2.37. The first-order valence-electron chi connectivity index (χ1n) is 6.52. The van der Waals surface area contributed by atoms with Crippen molar-refractivity contribution in [1.29, 1.82) is 0 Å². The van der Waals surface area contributed by atoms with Crippen LogP contribution in [0.15, 0.2) is 47.4 Å². The summed E-state index contributed by atoms with van der Waals surface area (Å²) >= 11 is 11.7. The first kappa shape index (κ1) is 18.5. The molecule has 0 heterocycles. The predicted molar refractivity (Wildman–Crippen MR) is 90.4 cm³/mol. The number of nitrogens with one attached hydrogen (secondary N) is 1. The van der Waals surface area contributed by atoms with Gasteiger partial charge >= 0.3 is 0 Å². The molecule has 0 aromatic heterocycles. The van der Waals surface area contributed by atoms with Crippen molar-refractivity contribution in [2.24, 2.45) is 5.84 Å². The fourth-order valence-corrected chi connectivity index (χ4v) is 3.75. The zero-order valence-corrected chi connectivity index (χ0v) is 14.4. The van der Waals surface area contributed by atoms with Gasteiger partial charge in [0.2, 0.25) is 5.91 Å². The highest BCUT2D eigenvalue weighted by Gasteiger charge is 2.25. The van der Waals surface area contributed by atoms with E-state index in [1.807, 2.05) is 0 Å². The number of hydroxylamine groups is 1. The molecule has 128 valence electrons. The largest absolute Gasteiger partial charge is 0.289 e. The van der Waals surface area contributed by atoms with Gasteiger partial charge in [0.25, 0.3) is 10.0 Å². The average molecular weight is 390 g/mol. The van der Waals surface area contributed by atoms with E-state index in [1.165, 1.54) is 47.9 Å². The SMILES string of the molecule is NN(c1ccc(CC(=O)NO)cc1)S(=O)(=O)c1cc(Cl)ccc1Cl. The number of amides is 1. The second-order valence-corrected chi connectivity index (χ2v) is 7.38. The van der Waals surface area contributed by atoms with Crippen LogP contribution >= 0.6 is 23.2 Å². The van der Waals surface area contributed by atoms with Crippen molar-refractivity contribution in [1.82, 2.24) is 5.48 Å². The Bertz CT molecular complexity index is 857. The van der Waals surface area contributed by atoms with Crippen molar-refractivity contribution in [2.45, 2.75) is 11.3 Å². The van der Waals surface area contributed by atoms with Crippen molar-refractivity contribution in [3.05, 3.63) is 58.1 Å². The number of rotatable bonds is 5. The molecule has 0 unspecified atom stereocenters. The highest BCUT2D eigenvalue weighted by Crippen LogP contribution is 2.29. The van der Waals surface area contributed by atoms with Crippen molar-refractivity contribution in [3.63, 3.8) is 0 Å². The highest BCUT2D eigenvalue weighted by atomic mass is 35.5. The smallest absolute Gasteiger partial charge is 0.279 e. The van der Waals surface area contributed by atoms with E-state index in [-0.39, 0.29) is 27.0 Å². The van der Waals surface area contributed by atoms with Gasteiger partial charge in [-0.15, -0.1) is 0 Å². The number of carbonyl (C=O) groups excluding carboxylic acids is 1. The van der Waals surface area contributed by atoms with Gasteiger partial charge in [0.1, 0.15) is 4.90 Å². The van der Waals surface area contributed by atoms with Gasteiger partial charge in [-0.3, -0.25) is 10.0 Å². The summed E-state index contributed by atoms with van der Waals surface area (Å²) in [7, 11) is -4.11. The Hall–Kier alpha value is -1.84. The van der Waals surface area contributed by atoms with E-state index in [0.717, 1.165) is 0 Å². The number of hydrazine groups is 1. The van der Waals surface area contributed by atoms with Gasteiger partial charge < -0.3 is 0 Å². The second kappa shape index (κ2) is 7.37. The molecule has 0 fully saturated rings. The lowest BCUT2D eigenvalue weighted by atomic mass is 10.1. The quantitative estimate of drug-likeness (QED) is 0.411. The van der Waals surface area contributed by atoms with Crippen LogP contribution in [0, 0.1) is 0 Å². The monoisotopic (exact) mass is 389 g/mol. The standard InChI is InChI=1S/C14H13Cl2N3O4S/c15-10-3-6-12(16)13(8-10)24(22,23)19(17)11-4-1-9(2-5-11)7-14(20)18-21/h1-6,8,21H,7,17H2,(H,18,20). The summed E-state index contributed by atoms with van der Waals surface area (Å²) in [6.45, 7) is 0. The number of nitrogens with two attached hydrogens (primary N) is 1. The van der Waals surface area contributed by atoms with Crippen LogP contribution in [0.4, 0.5) is 5.69 Å². The van der Waals surface area contributed by atoms with E-state index < -0.39 is 15.9 Å². The number of sulfonamides is 1. The van der Waals surface area contributed by atoms with Crippen LogP contribution in [0.3, 0.4) is 0 Å². The minimum absolute atomic E-state index is 0.00825. The Kier molecular flexibility index (Phi) is 5.68. The summed E-state index contributed by atoms with van der Waals surface area (Å²) in [6, 6.07) is 9.91. The van der Waals surface area contributed by atoms with Crippen LogP contribution in [0.1, 0.15) is 5.56 Å². The van der Waals surface area contributed by atoms with E-state index in [4.69, 9.17) is 34.3 Å². The van der Waals surface area contributed by atoms with Crippen LogP contribution in [0.25, 0.3) is 0 Å². The molecule has 2 rings (SSSR count). The maximum atomic E-state index is 12.6. The number of halogens is 2. The lowest BCUT2D eigenvalue weighted by Gasteiger charge is -2.19. The summed E-state index contributed by atoms with van der Waals surface area (Å²) in [5.74, 6) is 5.13. The summed E-state index contributed by atoms with van der Waals surface area (Å²) < 4.78 is 25.7. The first-order valence-corrected chi connectivity index (χ1v) is 8.72. The molecule has 2 aromatic carbocycles. The summed E-state index contributed by atoms with van der Waals surface area (Å²) in [4.78, 5) is 10.9. The molecule has 0 aliphatic rings. The van der Waals surface area contributed by atoms with Gasteiger partial charge in [0.15, 0.2) is 0 Å². The Morgan fingerprint density at radius 1 is 1.17 bits per heavy atom. The topological polar surface area (TPSA) is 113 Å². The molecule has 0 aliphatic carbocycles. The minimum atomic E-state index is -4.11. The highest BCUT2D eigenvalue weighted by molar-refractivity contribution is 7.92. The normalized spacial score (nSPS) is 11.2. The Labute approximate surface area is 148 Å².